The van der Waals surface area contributed by atoms with Crippen molar-refractivity contribution in [2.24, 2.45) is 23.2 Å². The van der Waals surface area contributed by atoms with Gasteiger partial charge in [-0.05, 0) is 61.7 Å². The molecule has 14 heavy (non-hydrogen) atoms. The van der Waals surface area contributed by atoms with Crippen LogP contribution in [0, 0.1) is 23.2 Å². The molecular weight excluding hydrogens is 306 g/mol. The van der Waals surface area contributed by atoms with Gasteiger partial charge in [-0.15, -0.1) is 0 Å². The molecule has 4 bridgehead atoms. The smallest absolute Gasteiger partial charge is 0.0265 e. The second-order valence-corrected chi connectivity index (χ2v) is 8.54. The summed E-state index contributed by atoms with van der Waals surface area (Å²) in [4.78, 5) is 0. The van der Waals surface area contributed by atoms with Crippen LogP contribution in [0.15, 0.2) is 0 Å². The maximum absolute atomic E-state index is 3.51. The van der Waals surface area contributed by atoms with Gasteiger partial charge in [0.05, 0.1) is 0 Å². The van der Waals surface area contributed by atoms with Crippen LogP contribution >= 0.6 is 32.3 Å². The summed E-state index contributed by atoms with van der Waals surface area (Å²) in [5, 5.41) is 0. The first kappa shape index (κ1) is 10.1. The van der Waals surface area contributed by atoms with Crippen molar-refractivity contribution in [1.29, 1.82) is 0 Å². The highest BCUT2D eigenvalue weighted by Gasteiger charge is 2.51. The molecule has 0 spiro atoms. The number of halogens is 2. The van der Waals surface area contributed by atoms with Gasteiger partial charge in [0, 0.05) is 38.8 Å². The Kier molecular flexibility index (Phi) is 2.49. The number of nitrogens with zero attached hydrogens (tertiary/aromatic N) is 1. The SMILES string of the molecule is BrN(Br)CC12CC3CC(CC(C3)C1)C2. The topological polar surface area (TPSA) is 3.24 Å². The van der Waals surface area contributed by atoms with Crippen LogP contribution in [0.5, 0.6) is 0 Å². The third kappa shape index (κ3) is 1.69. The molecule has 0 radical (unpaired) electrons. The van der Waals surface area contributed by atoms with E-state index < -0.39 is 0 Å². The maximum Gasteiger partial charge on any atom is 0.0265 e. The van der Waals surface area contributed by atoms with Gasteiger partial charge >= 0.3 is 0 Å². The molecule has 1 nitrogen and oxygen atoms in total. The minimum Gasteiger partial charge on any atom is -0.177 e. The van der Waals surface area contributed by atoms with Crippen molar-refractivity contribution < 1.29 is 0 Å². The Bertz CT molecular complexity index is 198. The number of rotatable bonds is 2. The molecule has 4 rings (SSSR count). The lowest BCUT2D eigenvalue weighted by Crippen LogP contribution is -2.49. The Hall–Kier alpha value is 0.920. The molecule has 0 atom stereocenters. The van der Waals surface area contributed by atoms with E-state index in [4.69, 9.17) is 0 Å². The van der Waals surface area contributed by atoms with Crippen molar-refractivity contribution in [3.63, 3.8) is 0 Å². The van der Waals surface area contributed by atoms with Gasteiger partial charge in [0.1, 0.15) is 0 Å². The molecule has 4 fully saturated rings. The van der Waals surface area contributed by atoms with E-state index in [9.17, 15) is 0 Å². The second kappa shape index (κ2) is 3.46. The first-order valence-electron chi connectivity index (χ1n) is 5.74. The molecule has 0 amide bonds. The first-order valence-corrected chi connectivity index (χ1v) is 7.16. The lowest BCUT2D eigenvalue weighted by molar-refractivity contribution is -0.0528. The van der Waals surface area contributed by atoms with Crippen LogP contribution in [0.2, 0.25) is 0 Å². The fourth-order valence-corrected chi connectivity index (χ4v) is 5.80. The Morgan fingerprint density at radius 1 is 0.929 bits per heavy atom. The fraction of sp³-hybridized carbons (Fsp3) is 1.00. The van der Waals surface area contributed by atoms with Crippen molar-refractivity contribution in [3.05, 3.63) is 0 Å². The largest absolute Gasteiger partial charge is 0.177 e. The van der Waals surface area contributed by atoms with Crippen molar-refractivity contribution in [2.45, 2.75) is 38.5 Å². The van der Waals surface area contributed by atoms with E-state index in [2.05, 4.69) is 32.3 Å². The summed E-state index contributed by atoms with van der Waals surface area (Å²) in [6.07, 6.45) is 9.11. The lowest BCUT2D eigenvalue weighted by Gasteiger charge is -2.57. The predicted octanol–water partition coefficient (Wildman–Crippen LogP) is 4.12. The molecule has 0 aromatic carbocycles. The quantitative estimate of drug-likeness (QED) is 0.691. The van der Waals surface area contributed by atoms with E-state index in [0.717, 1.165) is 17.8 Å². The third-order valence-electron chi connectivity index (χ3n) is 4.62. The Morgan fingerprint density at radius 2 is 1.36 bits per heavy atom. The fourth-order valence-electron chi connectivity index (χ4n) is 4.74. The van der Waals surface area contributed by atoms with Gasteiger partial charge in [-0.1, -0.05) is 0 Å². The van der Waals surface area contributed by atoms with E-state index in [1.807, 2.05) is 2.95 Å². The summed E-state index contributed by atoms with van der Waals surface area (Å²) >= 11 is 7.03. The van der Waals surface area contributed by atoms with E-state index in [0.29, 0.717) is 5.41 Å². The molecule has 80 valence electrons. The third-order valence-corrected chi connectivity index (χ3v) is 5.12. The molecular formula is C11H17Br2N. The van der Waals surface area contributed by atoms with Crippen LogP contribution in [0.3, 0.4) is 0 Å². The molecule has 0 N–H and O–H groups in total. The van der Waals surface area contributed by atoms with E-state index in [1.165, 1.54) is 25.8 Å². The molecule has 0 saturated heterocycles. The Morgan fingerprint density at radius 3 is 1.71 bits per heavy atom. The summed E-state index contributed by atoms with van der Waals surface area (Å²) in [7, 11) is 0. The summed E-state index contributed by atoms with van der Waals surface area (Å²) < 4.78 is 2.05. The van der Waals surface area contributed by atoms with Gasteiger partial charge < -0.3 is 0 Å². The van der Waals surface area contributed by atoms with Crippen LogP contribution in [0.4, 0.5) is 0 Å². The Balaban J connectivity index is 1.80. The molecule has 0 heterocycles. The van der Waals surface area contributed by atoms with E-state index >= 15 is 0 Å². The predicted molar refractivity (Wildman–Crippen MR) is 65.2 cm³/mol. The van der Waals surface area contributed by atoms with Gasteiger partial charge in [0.2, 0.25) is 0 Å². The molecule has 3 heteroatoms. The molecule has 4 saturated carbocycles. The number of hydrogen-bond acceptors (Lipinski definition) is 1. The van der Waals surface area contributed by atoms with Crippen molar-refractivity contribution in [1.82, 2.24) is 2.95 Å². The minimum atomic E-state index is 0.655. The minimum absolute atomic E-state index is 0.655. The van der Waals surface area contributed by atoms with Crippen LogP contribution in [-0.2, 0) is 0 Å². The van der Waals surface area contributed by atoms with Crippen molar-refractivity contribution in [2.75, 3.05) is 6.54 Å². The molecule has 0 aliphatic heterocycles. The van der Waals surface area contributed by atoms with Gasteiger partial charge in [-0.2, -0.15) is 2.95 Å². The molecule has 0 unspecified atom stereocenters. The molecule has 4 aliphatic carbocycles. The summed E-state index contributed by atoms with van der Waals surface area (Å²) in [6, 6.07) is 0. The molecule has 0 aromatic rings. The van der Waals surface area contributed by atoms with E-state index in [-0.39, 0.29) is 0 Å². The molecule has 4 aliphatic rings. The lowest BCUT2D eigenvalue weighted by atomic mass is 9.50. The second-order valence-electron chi connectivity index (χ2n) is 5.88. The zero-order valence-electron chi connectivity index (χ0n) is 8.38. The summed E-state index contributed by atoms with van der Waals surface area (Å²) in [5.74, 6) is 3.21. The standard InChI is InChI=1S/C11H17Br2N/c12-14(13)7-11-4-8-1-9(5-11)3-10(2-8)6-11/h8-10H,1-7H2. The van der Waals surface area contributed by atoms with Crippen molar-refractivity contribution >= 4 is 32.3 Å². The highest BCUT2D eigenvalue weighted by molar-refractivity contribution is 9.21. The van der Waals surface area contributed by atoms with E-state index in [1.54, 1.807) is 19.3 Å². The normalized spacial score (nSPS) is 50.4. The van der Waals surface area contributed by atoms with Gasteiger partial charge in [-0.25, -0.2) is 0 Å². The zero-order valence-corrected chi connectivity index (χ0v) is 11.6. The first-order chi connectivity index (χ1) is 6.65. The van der Waals surface area contributed by atoms with Gasteiger partial charge in [0.25, 0.3) is 0 Å². The average Bonchev–Trinajstić information content (AvgIpc) is 1.96. The van der Waals surface area contributed by atoms with Crippen LogP contribution in [0.1, 0.15) is 38.5 Å². The van der Waals surface area contributed by atoms with Crippen LogP contribution in [0.25, 0.3) is 0 Å². The summed E-state index contributed by atoms with van der Waals surface area (Å²) in [5.41, 5.74) is 0.655. The van der Waals surface area contributed by atoms with Gasteiger partial charge in [-0.3, -0.25) is 0 Å². The monoisotopic (exact) mass is 321 g/mol. The maximum atomic E-state index is 3.51. The highest BCUT2D eigenvalue weighted by atomic mass is 79.9. The Labute approximate surface area is 103 Å². The zero-order chi connectivity index (χ0) is 9.76. The van der Waals surface area contributed by atoms with Crippen molar-refractivity contribution in [3.8, 4) is 0 Å². The van der Waals surface area contributed by atoms with Crippen LogP contribution < -0.4 is 0 Å². The molecule has 0 aromatic heterocycles. The summed E-state index contributed by atoms with van der Waals surface area (Å²) in [6.45, 7) is 1.19. The van der Waals surface area contributed by atoms with Gasteiger partial charge in [0.15, 0.2) is 0 Å². The number of hydrogen-bond donors (Lipinski definition) is 0. The van der Waals surface area contributed by atoms with Crippen LogP contribution in [-0.4, -0.2) is 9.50 Å². The average molecular weight is 323 g/mol. The highest BCUT2D eigenvalue weighted by Crippen LogP contribution is 2.60.